The van der Waals surface area contributed by atoms with E-state index in [9.17, 15) is 4.79 Å². The van der Waals surface area contributed by atoms with E-state index in [0.29, 0.717) is 17.3 Å². The normalized spacial score (nSPS) is 11.1. The number of halogens is 2. The Hall–Kier alpha value is -2.50. The summed E-state index contributed by atoms with van der Waals surface area (Å²) in [7, 11) is 0. The number of hydrogen-bond acceptors (Lipinski definition) is 2. The van der Waals surface area contributed by atoms with Crippen LogP contribution < -0.4 is 11.1 Å². The Morgan fingerprint density at radius 1 is 1.17 bits per heavy atom. The summed E-state index contributed by atoms with van der Waals surface area (Å²) in [6.45, 7) is 0.412. The van der Waals surface area contributed by atoms with Crippen LogP contribution in [0.5, 0.6) is 0 Å². The molecule has 3 aromatic rings. The summed E-state index contributed by atoms with van der Waals surface area (Å²) >= 11 is 5.94. The van der Waals surface area contributed by atoms with Gasteiger partial charge in [0.05, 0.1) is 6.54 Å². The number of rotatable bonds is 3. The van der Waals surface area contributed by atoms with E-state index < -0.39 is 0 Å². The van der Waals surface area contributed by atoms with Crippen LogP contribution in [0.15, 0.2) is 59.6 Å². The number of H-pyrrole nitrogens is 1. The number of hydrogen-bond donors (Lipinski definition) is 3. The van der Waals surface area contributed by atoms with Crippen LogP contribution in [0.3, 0.4) is 0 Å². The molecule has 1 amide bonds. The van der Waals surface area contributed by atoms with Gasteiger partial charge >= 0.3 is 0 Å². The predicted molar refractivity (Wildman–Crippen MR) is 99.8 cm³/mol. The van der Waals surface area contributed by atoms with Gasteiger partial charge in [0.1, 0.15) is 5.69 Å². The molecule has 7 heteroatoms. The summed E-state index contributed by atoms with van der Waals surface area (Å²) in [4.78, 5) is 19.4. The van der Waals surface area contributed by atoms with Crippen molar-refractivity contribution in [2.75, 3.05) is 0 Å². The van der Waals surface area contributed by atoms with Crippen LogP contribution in [-0.4, -0.2) is 16.9 Å². The fourth-order valence-electron chi connectivity index (χ4n) is 2.21. The first-order valence-electron chi connectivity index (χ1n) is 7.05. The molecule has 0 radical (unpaired) electrons. The van der Waals surface area contributed by atoms with Crippen LogP contribution >= 0.6 is 24.0 Å². The monoisotopic (exact) mass is 362 g/mol. The van der Waals surface area contributed by atoms with Gasteiger partial charge in [-0.25, -0.2) is 4.99 Å². The number of nitrogens with one attached hydrogen (secondary N) is 2. The van der Waals surface area contributed by atoms with Crippen molar-refractivity contribution in [3.8, 4) is 0 Å². The van der Waals surface area contributed by atoms with Gasteiger partial charge in [0.15, 0.2) is 5.96 Å². The molecule has 0 saturated heterocycles. The van der Waals surface area contributed by atoms with Crippen molar-refractivity contribution in [2.45, 2.75) is 6.54 Å². The molecule has 0 aliphatic heterocycles. The summed E-state index contributed by atoms with van der Waals surface area (Å²) in [5, 5.41) is 4.05. The Bertz CT molecular complexity index is 875. The van der Waals surface area contributed by atoms with Gasteiger partial charge in [0, 0.05) is 15.9 Å². The van der Waals surface area contributed by atoms with Gasteiger partial charge in [-0.1, -0.05) is 41.9 Å². The quantitative estimate of drug-likeness (QED) is 0.492. The first-order chi connectivity index (χ1) is 11.1. The van der Waals surface area contributed by atoms with Crippen molar-refractivity contribution in [3.63, 3.8) is 0 Å². The predicted octanol–water partition coefficient (Wildman–Crippen LogP) is 3.49. The Morgan fingerprint density at radius 3 is 2.67 bits per heavy atom. The van der Waals surface area contributed by atoms with E-state index in [1.165, 1.54) is 0 Å². The summed E-state index contributed by atoms with van der Waals surface area (Å²) < 4.78 is 0. The third-order valence-corrected chi connectivity index (χ3v) is 3.58. The lowest BCUT2D eigenvalue weighted by Gasteiger charge is -2.03. The van der Waals surface area contributed by atoms with Gasteiger partial charge in [-0.15, -0.1) is 12.4 Å². The molecule has 0 spiro atoms. The van der Waals surface area contributed by atoms with Gasteiger partial charge in [-0.2, -0.15) is 0 Å². The van der Waals surface area contributed by atoms with Crippen LogP contribution in [0.25, 0.3) is 10.9 Å². The lowest BCUT2D eigenvalue weighted by molar-refractivity contribution is 0.0972. The van der Waals surface area contributed by atoms with Crippen LogP contribution in [-0.2, 0) is 6.54 Å². The van der Waals surface area contributed by atoms with Crippen LogP contribution in [0.1, 0.15) is 16.1 Å². The second-order valence-corrected chi connectivity index (χ2v) is 5.49. The molecule has 24 heavy (non-hydrogen) atoms. The van der Waals surface area contributed by atoms with E-state index >= 15 is 0 Å². The highest BCUT2D eigenvalue weighted by molar-refractivity contribution is 6.31. The maximum Gasteiger partial charge on any atom is 0.274 e. The number of carbonyl (C=O) groups is 1. The minimum atomic E-state index is -0.341. The highest BCUT2D eigenvalue weighted by Crippen LogP contribution is 2.19. The zero-order valence-electron chi connectivity index (χ0n) is 12.6. The van der Waals surface area contributed by atoms with Gasteiger partial charge < -0.3 is 10.7 Å². The SMILES string of the molecule is Cl.NC(=NCc1ccccc1)NC(=O)c1cc2cc(Cl)ccc2[nH]1. The third kappa shape index (κ3) is 4.28. The molecule has 124 valence electrons. The van der Waals surface area contributed by atoms with Crippen molar-refractivity contribution in [2.24, 2.45) is 10.7 Å². The molecule has 0 saturated carbocycles. The number of carbonyl (C=O) groups excluding carboxylic acids is 1. The maximum absolute atomic E-state index is 12.2. The lowest BCUT2D eigenvalue weighted by Crippen LogP contribution is -2.37. The van der Waals surface area contributed by atoms with Crippen LogP contribution in [0, 0.1) is 0 Å². The highest BCUT2D eigenvalue weighted by Gasteiger charge is 2.10. The Labute approximate surface area is 150 Å². The van der Waals surface area contributed by atoms with Crippen LogP contribution in [0.2, 0.25) is 5.02 Å². The molecule has 0 unspecified atom stereocenters. The number of aromatic amines is 1. The molecular formula is C17H16Cl2N4O. The molecule has 0 fully saturated rings. The van der Waals surface area contributed by atoms with Crippen molar-refractivity contribution >= 4 is 46.8 Å². The van der Waals surface area contributed by atoms with E-state index in [0.717, 1.165) is 16.5 Å². The summed E-state index contributed by atoms with van der Waals surface area (Å²) in [5.41, 5.74) is 8.02. The molecule has 4 N–H and O–H groups in total. The Morgan fingerprint density at radius 2 is 1.92 bits per heavy atom. The van der Waals surface area contributed by atoms with Crippen molar-refractivity contribution in [1.82, 2.24) is 10.3 Å². The second-order valence-electron chi connectivity index (χ2n) is 5.06. The third-order valence-electron chi connectivity index (χ3n) is 3.34. The fourth-order valence-corrected chi connectivity index (χ4v) is 2.39. The van der Waals surface area contributed by atoms with E-state index in [1.54, 1.807) is 18.2 Å². The number of aromatic nitrogens is 1. The van der Waals surface area contributed by atoms with E-state index in [2.05, 4.69) is 15.3 Å². The molecule has 5 nitrogen and oxygen atoms in total. The molecule has 0 aliphatic carbocycles. The van der Waals surface area contributed by atoms with E-state index in [-0.39, 0.29) is 24.3 Å². The number of fused-ring (bicyclic) bond motifs is 1. The molecular weight excluding hydrogens is 347 g/mol. The van der Waals surface area contributed by atoms with Gasteiger partial charge in [-0.05, 0) is 29.8 Å². The topological polar surface area (TPSA) is 83.3 Å². The maximum atomic E-state index is 12.2. The molecule has 3 rings (SSSR count). The standard InChI is InChI=1S/C17H15ClN4O.ClH/c18-13-6-7-14-12(8-13)9-15(21-14)16(23)22-17(19)20-10-11-4-2-1-3-5-11;/h1-9,21H,10H2,(H3,19,20,22,23);1H. The Balaban J connectivity index is 0.00000208. The Kier molecular flexibility index (Phi) is 5.84. The minimum Gasteiger partial charge on any atom is -0.370 e. The van der Waals surface area contributed by atoms with Gasteiger partial charge in [0.2, 0.25) is 0 Å². The summed E-state index contributed by atoms with van der Waals surface area (Å²) in [5.74, 6) is -0.262. The molecule has 0 aliphatic rings. The summed E-state index contributed by atoms with van der Waals surface area (Å²) in [6.07, 6.45) is 0. The number of nitrogens with two attached hydrogens (primary N) is 1. The number of amides is 1. The lowest BCUT2D eigenvalue weighted by atomic mass is 10.2. The molecule has 0 bridgehead atoms. The first kappa shape index (κ1) is 17.8. The fraction of sp³-hybridized carbons (Fsp3) is 0.0588. The average molecular weight is 363 g/mol. The van der Waals surface area contributed by atoms with E-state index in [1.807, 2.05) is 36.4 Å². The first-order valence-corrected chi connectivity index (χ1v) is 7.43. The summed E-state index contributed by atoms with van der Waals surface area (Å²) in [6, 6.07) is 16.8. The van der Waals surface area contributed by atoms with Crippen LogP contribution in [0.4, 0.5) is 0 Å². The largest absolute Gasteiger partial charge is 0.370 e. The molecule has 1 aromatic heterocycles. The zero-order valence-corrected chi connectivity index (χ0v) is 14.2. The van der Waals surface area contributed by atoms with E-state index in [4.69, 9.17) is 17.3 Å². The molecule has 1 heterocycles. The van der Waals surface area contributed by atoms with Crippen molar-refractivity contribution in [3.05, 3.63) is 70.9 Å². The minimum absolute atomic E-state index is 0. The zero-order chi connectivity index (χ0) is 16.2. The van der Waals surface area contributed by atoms with Crippen molar-refractivity contribution in [1.29, 1.82) is 0 Å². The number of nitrogens with zero attached hydrogens (tertiary/aromatic N) is 1. The molecule has 2 aromatic carbocycles. The molecule has 0 atom stereocenters. The number of guanidine groups is 1. The van der Waals surface area contributed by atoms with Crippen molar-refractivity contribution < 1.29 is 4.79 Å². The van der Waals surface area contributed by atoms with Gasteiger partial charge in [-0.3, -0.25) is 10.1 Å². The smallest absolute Gasteiger partial charge is 0.274 e. The highest BCUT2D eigenvalue weighted by atomic mass is 35.5. The second kappa shape index (κ2) is 7.86. The average Bonchev–Trinajstić information content (AvgIpc) is 2.97. The number of benzene rings is 2. The van der Waals surface area contributed by atoms with Gasteiger partial charge in [0.25, 0.3) is 5.91 Å². The number of aliphatic imine (C=N–C) groups is 1.